The van der Waals surface area contributed by atoms with E-state index in [9.17, 15) is 9.59 Å². The summed E-state index contributed by atoms with van der Waals surface area (Å²) in [6.45, 7) is 7.67. The van der Waals surface area contributed by atoms with Crippen LogP contribution < -0.4 is 0 Å². The fourth-order valence-corrected chi connectivity index (χ4v) is 3.66. The summed E-state index contributed by atoms with van der Waals surface area (Å²) in [5, 5.41) is 7.08. The third-order valence-corrected chi connectivity index (χ3v) is 5.36. The first-order valence-corrected chi connectivity index (χ1v) is 10.0. The van der Waals surface area contributed by atoms with Crippen LogP contribution in [0, 0.1) is 0 Å². The Kier molecular flexibility index (Phi) is 5.79. The first kappa shape index (κ1) is 20.0. The summed E-state index contributed by atoms with van der Waals surface area (Å²) in [7, 11) is 1.32. The van der Waals surface area contributed by atoms with Crippen LogP contribution in [0.25, 0.3) is 21.6 Å². The second-order valence-electron chi connectivity index (χ2n) is 7.06. The predicted octanol–water partition coefficient (Wildman–Crippen LogP) is 3.76. The molecule has 0 unspecified atom stereocenters. The Hall–Kier alpha value is -2.74. The van der Waals surface area contributed by atoms with Gasteiger partial charge in [-0.25, -0.2) is 9.67 Å². The van der Waals surface area contributed by atoms with Gasteiger partial charge in [0.1, 0.15) is 6.54 Å². The van der Waals surface area contributed by atoms with Gasteiger partial charge in [-0.1, -0.05) is 6.07 Å². The zero-order valence-corrected chi connectivity index (χ0v) is 17.5. The van der Waals surface area contributed by atoms with Gasteiger partial charge in [-0.3, -0.25) is 9.59 Å². The number of hydrogen-bond donors (Lipinski definition) is 0. The van der Waals surface area contributed by atoms with Crippen LogP contribution >= 0.6 is 11.3 Å². The van der Waals surface area contributed by atoms with Crippen LogP contribution in [0.4, 0.5) is 0 Å². The minimum absolute atomic E-state index is 0.0998. The molecule has 28 heavy (non-hydrogen) atoms. The van der Waals surface area contributed by atoms with Gasteiger partial charge < -0.3 is 9.64 Å². The summed E-state index contributed by atoms with van der Waals surface area (Å²) < 4.78 is 6.57. The SMILES string of the molecule is COC(=O)CN(C(=O)c1cc(-c2cccs2)nc2c1cnn2C(C)C)C(C)C. The van der Waals surface area contributed by atoms with Crippen LogP contribution in [0.15, 0.2) is 29.8 Å². The number of pyridine rings is 1. The highest BCUT2D eigenvalue weighted by Crippen LogP contribution is 2.29. The van der Waals surface area contributed by atoms with E-state index in [1.54, 1.807) is 23.6 Å². The molecule has 0 aliphatic carbocycles. The van der Waals surface area contributed by atoms with Gasteiger partial charge in [0.15, 0.2) is 5.65 Å². The average molecular weight is 401 g/mol. The summed E-state index contributed by atoms with van der Waals surface area (Å²) >= 11 is 1.56. The molecule has 0 aliphatic rings. The van der Waals surface area contributed by atoms with Crippen molar-refractivity contribution in [3.05, 3.63) is 35.3 Å². The molecule has 3 rings (SSSR count). The number of rotatable bonds is 6. The molecular formula is C20H24N4O3S. The zero-order chi connectivity index (χ0) is 20.4. The maximum Gasteiger partial charge on any atom is 0.325 e. The van der Waals surface area contributed by atoms with E-state index in [1.807, 2.05) is 49.9 Å². The Morgan fingerprint density at radius 3 is 2.61 bits per heavy atom. The molecule has 0 fully saturated rings. The van der Waals surface area contributed by atoms with Gasteiger partial charge >= 0.3 is 5.97 Å². The number of hydrogen-bond acceptors (Lipinski definition) is 6. The maximum atomic E-state index is 13.4. The van der Waals surface area contributed by atoms with Gasteiger partial charge in [0.25, 0.3) is 5.91 Å². The Balaban J connectivity index is 2.18. The molecule has 0 saturated heterocycles. The Labute approximate surface area is 167 Å². The van der Waals surface area contributed by atoms with Crippen molar-refractivity contribution in [1.82, 2.24) is 19.7 Å². The largest absolute Gasteiger partial charge is 0.468 e. The van der Waals surface area contributed by atoms with Crippen LogP contribution in [0.5, 0.6) is 0 Å². The normalized spacial score (nSPS) is 11.4. The lowest BCUT2D eigenvalue weighted by atomic mass is 10.1. The van der Waals surface area contributed by atoms with Gasteiger partial charge in [-0.05, 0) is 45.2 Å². The van der Waals surface area contributed by atoms with E-state index in [0.717, 1.165) is 10.6 Å². The molecule has 7 nitrogen and oxygen atoms in total. The van der Waals surface area contributed by atoms with E-state index in [-0.39, 0.29) is 24.5 Å². The molecular weight excluding hydrogens is 376 g/mol. The van der Waals surface area contributed by atoms with Crippen molar-refractivity contribution in [2.45, 2.75) is 39.8 Å². The van der Waals surface area contributed by atoms with Crippen molar-refractivity contribution >= 4 is 34.2 Å². The second kappa shape index (κ2) is 8.10. The molecule has 0 N–H and O–H groups in total. The zero-order valence-electron chi connectivity index (χ0n) is 16.7. The highest BCUT2D eigenvalue weighted by Gasteiger charge is 2.26. The first-order valence-electron chi connectivity index (χ1n) is 9.13. The lowest BCUT2D eigenvalue weighted by Crippen LogP contribution is -2.41. The predicted molar refractivity (Wildman–Crippen MR) is 109 cm³/mol. The Morgan fingerprint density at radius 1 is 1.29 bits per heavy atom. The van der Waals surface area contributed by atoms with Gasteiger partial charge in [-0.15, -0.1) is 11.3 Å². The van der Waals surface area contributed by atoms with E-state index in [1.165, 1.54) is 12.0 Å². The van der Waals surface area contributed by atoms with Crippen molar-refractivity contribution in [3.63, 3.8) is 0 Å². The molecule has 0 aromatic carbocycles. The molecule has 0 saturated carbocycles. The molecule has 1 amide bonds. The molecule has 148 valence electrons. The third kappa shape index (κ3) is 3.77. The lowest BCUT2D eigenvalue weighted by Gasteiger charge is -2.26. The van der Waals surface area contributed by atoms with Crippen LogP contribution in [-0.2, 0) is 9.53 Å². The quantitative estimate of drug-likeness (QED) is 0.589. The number of ether oxygens (including phenoxy) is 1. The van der Waals surface area contributed by atoms with Gasteiger partial charge in [0, 0.05) is 12.1 Å². The van der Waals surface area contributed by atoms with Crippen LogP contribution in [-0.4, -0.2) is 51.2 Å². The summed E-state index contributed by atoms with van der Waals surface area (Å²) in [5.41, 5.74) is 1.86. The van der Waals surface area contributed by atoms with Crippen molar-refractivity contribution < 1.29 is 14.3 Å². The minimum atomic E-state index is -0.455. The highest BCUT2D eigenvalue weighted by molar-refractivity contribution is 7.13. The van der Waals surface area contributed by atoms with Gasteiger partial charge in [-0.2, -0.15) is 5.10 Å². The molecule has 0 spiro atoms. The number of aromatic nitrogens is 3. The summed E-state index contributed by atoms with van der Waals surface area (Å²) in [6, 6.07) is 5.64. The number of esters is 1. The summed E-state index contributed by atoms with van der Waals surface area (Å²) in [5.74, 6) is -0.697. The molecule has 3 aromatic heterocycles. The third-order valence-electron chi connectivity index (χ3n) is 4.47. The fourth-order valence-electron chi connectivity index (χ4n) is 2.97. The number of carbonyl (C=O) groups is 2. The van der Waals surface area contributed by atoms with Crippen molar-refractivity contribution in [3.8, 4) is 10.6 Å². The number of carbonyl (C=O) groups excluding carboxylic acids is 2. The number of nitrogens with zero attached hydrogens (tertiary/aromatic N) is 4. The fraction of sp³-hybridized carbons (Fsp3) is 0.400. The number of methoxy groups -OCH3 is 1. The first-order chi connectivity index (χ1) is 13.3. The van der Waals surface area contributed by atoms with Crippen molar-refractivity contribution in [2.75, 3.05) is 13.7 Å². The lowest BCUT2D eigenvalue weighted by molar-refractivity contribution is -0.141. The van der Waals surface area contributed by atoms with Gasteiger partial charge in [0.05, 0.1) is 34.8 Å². The molecule has 0 bridgehead atoms. The van der Waals surface area contributed by atoms with E-state index >= 15 is 0 Å². The van der Waals surface area contributed by atoms with E-state index in [0.29, 0.717) is 16.6 Å². The standard InChI is InChI=1S/C20H24N4O3S/c1-12(2)23(11-18(25)27-5)20(26)14-9-16(17-7-6-8-28-17)22-19-15(14)10-21-24(19)13(3)4/h6-10,12-13H,11H2,1-5H3. The van der Waals surface area contributed by atoms with E-state index in [4.69, 9.17) is 9.72 Å². The number of fused-ring (bicyclic) bond motifs is 1. The molecule has 8 heteroatoms. The average Bonchev–Trinajstić information content (AvgIpc) is 3.33. The molecule has 0 radical (unpaired) electrons. The molecule has 3 aromatic rings. The summed E-state index contributed by atoms with van der Waals surface area (Å²) in [4.78, 5) is 32.5. The van der Waals surface area contributed by atoms with Crippen LogP contribution in [0.2, 0.25) is 0 Å². The van der Waals surface area contributed by atoms with Crippen LogP contribution in [0.1, 0.15) is 44.1 Å². The second-order valence-corrected chi connectivity index (χ2v) is 8.00. The number of amides is 1. The molecule has 0 atom stereocenters. The van der Waals surface area contributed by atoms with Crippen molar-refractivity contribution in [1.29, 1.82) is 0 Å². The minimum Gasteiger partial charge on any atom is -0.468 e. The monoisotopic (exact) mass is 400 g/mol. The van der Waals surface area contributed by atoms with Crippen LogP contribution in [0.3, 0.4) is 0 Å². The topological polar surface area (TPSA) is 77.3 Å². The molecule has 3 heterocycles. The Bertz CT molecular complexity index is 992. The van der Waals surface area contributed by atoms with E-state index < -0.39 is 5.97 Å². The Morgan fingerprint density at radius 2 is 2.04 bits per heavy atom. The summed E-state index contributed by atoms with van der Waals surface area (Å²) in [6.07, 6.45) is 1.67. The highest BCUT2D eigenvalue weighted by atomic mass is 32.1. The molecule has 0 aliphatic heterocycles. The van der Waals surface area contributed by atoms with E-state index in [2.05, 4.69) is 5.10 Å². The van der Waals surface area contributed by atoms with Crippen molar-refractivity contribution in [2.24, 2.45) is 0 Å². The maximum absolute atomic E-state index is 13.4. The smallest absolute Gasteiger partial charge is 0.325 e. The number of thiophene rings is 1. The van der Waals surface area contributed by atoms with Gasteiger partial charge in [0.2, 0.25) is 0 Å².